The van der Waals surface area contributed by atoms with Crippen molar-refractivity contribution in [1.29, 1.82) is 0 Å². The van der Waals surface area contributed by atoms with Crippen LogP contribution in [0.5, 0.6) is 0 Å². The van der Waals surface area contributed by atoms with Gasteiger partial charge in [-0.15, -0.1) is 5.10 Å². The molecule has 0 N–H and O–H groups in total. The van der Waals surface area contributed by atoms with Crippen LogP contribution in [-0.2, 0) is 17.8 Å². The van der Waals surface area contributed by atoms with E-state index in [-0.39, 0.29) is 12.1 Å². The highest BCUT2D eigenvalue weighted by atomic mass is 16.5. The van der Waals surface area contributed by atoms with Gasteiger partial charge in [-0.25, -0.2) is 4.68 Å². The zero-order valence-electron chi connectivity index (χ0n) is 17.8. The van der Waals surface area contributed by atoms with Gasteiger partial charge in [-0.2, -0.15) is 0 Å². The molecule has 2 fully saturated rings. The predicted molar refractivity (Wildman–Crippen MR) is 112 cm³/mol. The second-order valence-electron chi connectivity index (χ2n) is 8.80. The van der Waals surface area contributed by atoms with Crippen LogP contribution in [0.4, 0.5) is 0 Å². The van der Waals surface area contributed by atoms with E-state index >= 15 is 0 Å². The van der Waals surface area contributed by atoms with Crippen molar-refractivity contribution in [2.24, 2.45) is 5.92 Å². The number of ether oxygens (including phenoxy) is 1. The quantitative estimate of drug-likeness (QED) is 0.681. The lowest BCUT2D eigenvalue weighted by molar-refractivity contribution is 0.0697. The van der Waals surface area contributed by atoms with Gasteiger partial charge >= 0.3 is 0 Å². The molecule has 0 unspecified atom stereocenters. The molecule has 0 spiro atoms. The summed E-state index contributed by atoms with van der Waals surface area (Å²) in [5.74, 6) is 1.60. The highest BCUT2D eigenvalue weighted by molar-refractivity contribution is 5.14. The molecule has 1 aromatic heterocycles. The first-order valence-electron chi connectivity index (χ1n) is 11.1. The molecule has 7 heteroatoms. The maximum Gasteiger partial charge on any atom is 0.168 e. The average molecular weight is 399 g/mol. The third-order valence-corrected chi connectivity index (χ3v) is 6.05. The van der Waals surface area contributed by atoms with Crippen LogP contribution in [0, 0.1) is 5.92 Å². The molecule has 7 nitrogen and oxygen atoms in total. The van der Waals surface area contributed by atoms with Gasteiger partial charge in [0.2, 0.25) is 0 Å². The van der Waals surface area contributed by atoms with Crippen LogP contribution >= 0.6 is 0 Å². The minimum absolute atomic E-state index is 0.250. The largest absolute Gasteiger partial charge is 0.376 e. The Kier molecular flexibility index (Phi) is 6.90. The molecule has 0 radical (unpaired) electrons. The monoisotopic (exact) mass is 398 g/mol. The van der Waals surface area contributed by atoms with Crippen molar-refractivity contribution in [3.8, 4) is 0 Å². The topological polar surface area (TPSA) is 59.3 Å². The normalized spacial score (nSPS) is 22.4. The first-order valence-corrected chi connectivity index (χ1v) is 11.1. The second kappa shape index (κ2) is 9.78. The summed E-state index contributed by atoms with van der Waals surface area (Å²) < 4.78 is 7.82. The van der Waals surface area contributed by atoms with E-state index in [9.17, 15) is 0 Å². The molecule has 0 amide bonds. The molecule has 1 aromatic carbocycles. The first kappa shape index (κ1) is 20.4. The van der Waals surface area contributed by atoms with Crippen LogP contribution < -0.4 is 0 Å². The predicted octanol–water partition coefficient (Wildman–Crippen LogP) is 2.76. The van der Waals surface area contributed by atoms with E-state index in [1.165, 1.54) is 5.56 Å². The van der Waals surface area contributed by atoms with E-state index < -0.39 is 0 Å². The van der Waals surface area contributed by atoms with Crippen LogP contribution in [0.2, 0.25) is 0 Å². The van der Waals surface area contributed by atoms with Crippen molar-refractivity contribution in [2.75, 3.05) is 32.8 Å². The Bertz CT molecular complexity index is 735. The molecule has 2 atom stereocenters. The molecule has 2 aliphatic rings. The molecule has 2 aliphatic heterocycles. The van der Waals surface area contributed by atoms with E-state index in [0.29, 0.717) is 5.92 Å². The molecule has 29 heavy (non-hydrogen) atoms. The van der Waals surface area contributed by atoms with Crippen LogP contribution in [0.3, 0.4) is 0 Å². The number of benzene rings is 1. The smallest absolute Gasteiger partial charge is 0.168 e. The molecule has 158 valence electrons. The molecule has 0 saturated carbocycles. The van der Waals surface area contributed by atoms with Gasteiger partial charge in [0.05, 0.1) is 18.7 Å². The van der Waals surface area contributed by atoms with Gasteiger partial charge in [0.15, 0.2) is 5.82 Å². The van der Waals surface area contributed by atoms with Gasteiger partial charge in [0, 0.05) is 39.3 Å². The Hall–Kier alpha value is -1.83. The zero-order valence-corrected chi connectivity index (χ0v) is 17.8. The second-order valence-corrected chi connectivity index (χ2v) is 8.80. The van der Waals surface area contributed by atoms with Gasteiger partial charge < -0.3 is 4.74 Å². The van der Waals surface area contributed by atoms with Gasteiger partial charge in [-0.1, -0.05) is 44.2 Å². The summed E-state index contributed by atoms with van der Waals surface area (Å²) >= 11 is 0. The van der Waals surface area contributed by atoms with Gasteiger partial charge in [0.25, 0.3) is 0 Å². The number of nitrogens with zero attached hydrogens (tertiary/aromatic N) is 6. The minimum Gasteiger partial charge on any atom is -0.376 e. The van der Waals surface area contributed by atoms with Crippen molar-refractivity contribution < 1.29 is 4.74 Å². The summed E-state index contributed by atoms with van der Waals surface area (Å²) in [5.41, 5.74) is 1.39. The molecule has 0 aliphatic carbocycles. The van der Waals surface area contributed by atoms with E-state index in [1.807, 2.05) is 4.68 Å². The SMILES string of the molecule is CC(C)C[C@H](c1nnnn1C[C@H]1CCCO1)N1CCN(Cc2ccccc2)CC1. The summed E-state index contributed by atoms with van der Waals surface area (Å²) in [6.07, 6.45) is 3.57. The lowest BCUT2D eigenvalue weighted by Gasteiger charge is -2.39. The fraction of sp³-hybridized carbons (Fsp3) is 0.682. The Balaban J connectivity index is 1.41. The number of piperazine rings is 1. The Morgan fingerprint density at radius 1 is 1.10 bits per heavy atom. The number of tetrazole rings is 1. The Morgan fingerprint density at radius 3 is 2.59 bits per heavy atom. The average Bonchev–Trinajstić information content (AvgIpc) is 3.40. The lowest BCUT2D eigenvalue weighted by atomic mass is 10.0. The summed E-state index contributed by atoms with van der Waals surface area (Å²) in [4.78, 5) is 5.13. The van der Waals surface area contributed by atoms with E-state index in [2.05, 4.69) is 69.5 Å². The zero-order chi connectivity index (χ0) is 20.1. The van der Waals surface area contributed by atoms with Crippen LogP contribution in [0.1, 0.15) is 50.5 Å². The lowest BCUT2D eigenvalue weighted by Crippen LogP contribution is -2.48. The highest BCUT2D eigenvalue weighted by Crippen LogP contribution is 2.28. The van der Waals surface area contributed by atoms with Crippen LogP contribution in [0.25, 0.3) is 0 Å². The highest BCUT2D eigenvalue weighted by Gasteiger charge is 2.30. The standard InChI is InChI=1S/C22H34N6O/c1-18(2)15-21(22-23-24-25-28(22)17-20-9-6-14-29-20)27-12-10-26(11-13-27)16-19-7-4-3-5-8-19/h3-5,7-8,18,20-21H,6,9-17H2,1-2H3/t20-,21-/m1/s1. The molecule has 0 bridgehead atoms. The Morgan fingerprint density at radius 2 is 1.90 bits per heavy atom. The number of hydrogen-bond donors (Lipinski definition) is 0. The van der Waals surface area contributed by atoms with Crippen molar-refractivity contribution in [3.05, 3.63) is 41.7 Å². The van der Waals surface area contributed by atoms with Gasteiger partial charge in [0.1, 0.15) is 0 Å². The number of hydrogen-bond acceptors (Lipinski definition) is 6. The van der Waals surface area contributed by atoms with Crippen LogP contribution in [0.15, 0.2) is 30.3 Å². The maximum atomic E-state index is 5.82. The van der Waals surface area contributed by atoms with Crippen molar-refractivity contribution >= 4 is 0 Å². The van der Waals surface area contributed by atoms with Crippen molar-refractivity contribution in [3.63, 3.8) is 0 Å². The Labute approximate surface area is 174 Å². The van der Waals surface area contributed by atoms with E-state index in [4.69, 9.17) is 4.74 Å². The maximum absolute atomic E-state index is 5.82. The van der Waals surface area contributed by atoms with E-state index in [1.54, 1.807) is 0 Å². The third-order valence-electron chi connectivity index (χ3n) is 6.05. The fourth-order valence-corrected chi connectivity index (χ4v) is 4.50. The number of rotatable bonds is 8. The van der Waals surface area contributed by atoms with Gasteiger partial charge in [-0.3, -0.25) is 9.80 Å². The summed E-state index contributed by atoms with van der Waals surface area (Å²) in [6.45, 7) is 11.5. The number of aromatic nitrogens is 4. The summed E-state index contributed by atoms with van der Waals surface area (Å²) in [7, 11) is 0. The van der Waals surface area contributed by atoms with Crippen molar-refractivity contribution in [2.45, 2.75) is 58.3 Å². The van der Waals surface area contributed by atoms with Crippen LogP contribution in [-0.4, -0.2) is 68.9 Å². The van der Waals surface area contributed by atoms with E-state index in [0.717, 1.165) is 71.0 Å². The molecular weight excluding hydrogens is 364 g/mol. The fourth-order valence-electron chi connectivity index (χ4n) is 4.50. The summed E-state index contributed by atoms with van der Waals surface area (Å²) in [5, 5.41) is 12.8. The molecule has 2 aromatic rings. The van der Waals surface area contributed by atoms with Gasteiger partial charge in [-0.05, 0) is 41.2 Å². The molecule has 2 saturated heterocycles. The first-order chi connectivity index (χ1) is 14.2. The molecule has 4 rings (SSSR count). The summed E-state index contributed by atoms with van der Waals surface area (Å²) in [6, 6.07) is 11.0. The molecule has 3 heterocycles. The third kappa shape index (κ3) is 5.41. The van der Waals surface area contributed by atoms with Crippen molar-refractivity contribution in [1.82, 2.24) is 30.0 Å². The minimum atomic E-state index is 0.250. The molecular formula is C22H34N6O.